The van der Waals surface area contributed by atoms with Crippen molar-refractivity contribution in [2.45, 2.75) is 25.5 Å². The summed E-state index contributed by atoms with van der Waals surface area (Å²) in [6.07, 6.45) is 1.88. The van der Waals surface area contributed by atoms with E-state index in [1.807, 2.05) is 0 Å². The standard InChI is InChI=1S/C14H19F2NO2/c15-12-1-2-14(16)11(9-12)10-17-5-3-13(4-6-17)19-8-7-18/h1-2,9,13,18H,3-8,10H2. The highest BCUT2D eigenvalue weighted by Gasteiger charge is 2.20. The zero-order valence-corrected chi connectivity index (χ0v) is 10.8. The van der Waals surface area contributed by atoms with E-state index >= 15 is 0 Å². The van der Waals surface area contributed by atoms with Crippen molar-refractivity contribution in [2.24, 2.45) is 0 Å². The normalized spacial score (nSPS) is 17.8. The van der Waals surface area contributed by atoms with Crippen LogP contribution in [-0.4, -0.2) is 42.4 Å². The Morgan fingerprint density at radius 2 is 2.00 bits per heavy atom. The highest BCUT2D eigenvalue weighted by atomic mass is 19.1. The fourth-order valence-corrected chi connectivity index (χ4v) is 2.36. The lowest BCUT2D eigenvalue weighted by Gasteiger charge is -2.31. The van der Waals surface area contributed by atoms with Gasteiger partial charge in [-0.3, -0.25) is 4.90 Å². The van der Waals surface area contributed by atoms with Crippen molar-refractivity contribution in [1.29, 1.82) is 0 Å². The van der Waals surface area contributed by atoms with Gasteiger partial charge in [-0.25, -0.2) is 8.78 Å². The fourth-order valence-electron chi connectivity index (χ4n) is 2.36. The Balaban J connectivity index is 1.83. The molecule has 0 spiro atoms. The van der Waals surface area contributed by atoms with Gasteiger partial charge in [0.25, 0.3) is 0 Å². The third-order valence-electron chi connectivity index (χ3n) is 3.38. The summed E-state index contributed by atoms with van der Waals surface area (Å²) < 4.78 is 32.1. The average Bonchev–Trinajstić information content (AvgIpc) is 2.42. The maximum absolute atomic E-state index is 13.5. The van der Waals surface area contributed by atoms with Gasteiger partial charge in [0.2, 0.25) is 0 Å². The van der Waals surface area contributed by atoms with E-state index < -0.39 is 5.82 Å². The second-order valence-electron chi connectivity index (χ2n) is 4.81. The van der Waals surface area contributed by atoms with Crippen LogP contribution in [0.3, 0.4) is 0 Å². The fraction of sp³-hybridized carbons (Fsp3) is 0.571. The number of hydrogen-bond donors (Lipinski definition) is 1. The Labute approximate surface area is 111 Å². The Morgan fingerprint density at radius 3 is 2.68 bits per heavy atom. The van der Waals surface area contributed by atoms with Crippen LogP contribution in [-0.2, 0) is 11.3 Å². The van der Waals surface area contributed by atoms with Crippen molar-refractivity contribution in [2.75, 3.05) is 26.3 Å². The first-order chi connectivity index (χ1) is 9.19. The van der Waals surface area contributed by atoms with Crippen LogP contribution in [0.5, 0.6) is 0 Å². The summed E-state index contributed by atoms with van der Waals surface area (Å²) in [5.74, 6) is -0.766. The van der Waals surface area contributed by atoms with Gasteiger partial charge in [0.05, 0.1) is 19.3 Å². The molecule has 5 heteroatoms. The maximum atomic E-state index is 13.5. The summed E-state index contributed by atoms with van der Waals surface area (Å²) in [6.45, 7) is 2.42. The van der Waals surface area contributed by atoms with E-state index in [0.717, 1.165) is 32.0 Å². The molecule has 1 heterocycles. The smallest absolute Gasteiger partial charge is 0.127 e. The molecule has 0 atom stereocenters. The first-order valence-electron chi connectivity index (χ1n) is 6.58. The molecule has 1 aromatic carbocycles. The minimum Gasteiger partial charge on any atom is -0.394 e. The monoisotopic (exact) mass is 271 g/mol. The zero-order valence-electron chi connectivity index (χ0n) is 10.8. The molecule has 1 saturated heterocycles. The van der Waals surface area contributed by atoms with Crippen molar-refractivity contribution in [3.05, 3.63) is 35.4 Å². The van der Waals surface area contributed by atoms with E-state index in [4.69, 9.17) is 9.84 Å². The Morgan fingerprint density at radius 1 is 1.26 bits per heavy atom. The number of ether oxygens (including phenoxy) is 1. The van der Waals surface area contributed by atoms with Crippen molar-refractivity contribution in [3.63, 3.8) is 0 Å². The van der Waals surface area contributed by atoms with Crippen LogP contribution in [0.2, 0.25) is 0 Å². The minimum absolute atomic E-state index is 0.0364. The Bertz CT molecular complexity index is 406. The van der Waals surface area contributed by atoms with Gasteiger partial charge >= 0.3 is 0 Å². The van der Waals surface area contributed by atoms with Gasteiger partial charge in [0.15, 0.2) is 0 Å². The zero-order chi connectivity index (χ0) is 13.7. The summed E-state index contributed by atoms with van der Waals surface area (Å²) in [5, 5.41) is 8.69. The van der Waals surface area contributed by atoms with Crippen LogP contribution in [0.1, 0.15) is 18.4 Å². The SMILES string of the molecule is OCCOC1CCN(Cc2cc(F)ccc2F)CC1. The predicted octanol–water partition coefficient (Wildman–Crippen LogP) is 1.94. The van der Waals surface area contributed by atoms with Crippen LogP contribution in [0.15, 0.2) is 18.2 Å². The number of aliphatic hydroxyl groups excluding tert-OH is 1. The van der Waals surface area contributed by atoms with Crippen molar-refractivity contribution >= 4 is 0 Å². The molecule has 106 valence electrons. The second kappa shape index (κ2) is 6.93. The van der Waals surface area contributed by atoms with E-state index in [0.29, 0.717) is 18.7 Å². The summed E-state index contributed by atoms with van der Waals surface area (Å²) >= 11 is 0. The van der Waals surface area contributed by atoms with Gasteiger partial charge in [0.1, 0.15) is 11.6 Å². The minimum atomic E-state index is -0.405. The van der Waals surface area contributed by atoms with Crippen LogP contribution >= 0.6 is 0 Å². The lowest BCUT2D eigenvalue weighted by Crippen LogP contribution is -2.37. The molecule has 0 bridgehead atoms. The number of rotatable bonds is 5. The van der Waals surface area contributed by atoms with E-state index in [9.17, 15) is 8.78 Å². The molecule has 2 rings (SSSR count). The number of halogens is 2. The van der Waals surface area contributed by atoms with Crippen LogP contribution in [0, 0.1) is 11.6 Å². The van der Waals surface area contributed by atoms with E-state index in [2.05, 4.69) is 4.90 Å². The van der Waals surface area contributed by atoms with Gasteiger partial charge < -0.3 is 9.84 Å². The number of likely N-dealkylation sites (tertiary alicyclic amines) is 1. The lowest BCUT2D eigenvalue weighted by molar-refractivity contribution is -0.00916. The first-order valence-corrected chi connectivity index (χ1v) is 6.58. The van der Waals surface area contributed by atoms with Gasteiger partial charge in [-0.1, -0.05) is 0 Å². The van der Waals surface area contributed by atoms with Gasteiger partial charge in [-0.2, -0.15) is 0 Å². The highest BCUT2D eigenvalue weighted by molar-refractivity contribution is 5.18. The highest BCUT2D eigenvalue weighted by Crippen LogP contribution is 2.18. The van der Waals surface area contributed by atoms with Crippen LogP contribution < -0.4 is 0 Å². The molecular weight excluding hydrogens is 252 g/mol. The van der Waals surface area contributed by atoms with Crippen molar-refractivity contribution in [3.8, 4) is 0 Å². The summed E-state index contributed by atoms with van der Waals surface area (Å²) in [5.41, 5.74) is 0.398. The van der Waals surface area contributed by atoms with Gasteiger partial charge in [0, 0.05) is 25.2 Å². The quantitative estimate of drug-likeness (QED) is 0.888. The van der Waals surface area contributed by atoms with E-state index in [1.165, 1.54) is 12.1 Å². The Kier molecular flexibility index (Phi) is 5.24. The number of hydrogen-bond acceptors (Lipinski definition) is 3. The van der Waals surface area contributed by atoms with Crippen LogP contribution in [0.25, 0.3) is 0 Å². The van der Waals surface area contributed by atoms with Gasteiger partial charge in [-0.15, -0.1) is 0 Å². The third-order valence-corrected chi connectivity index (χ3v) is 3.38. The molecule has 1 N–H and O–H groups in total. The number of piperidine rings is 1. The Hall–Kier alpha value is -1.04. The average molecular weight is 271 g/mol. The molecule has 0 aromatic heterocycles. The predicted molar refractivity (Wildman–Crippen MR) is 67.7 cm³/mol. The molecule has 1 aliphatic rings. The number of nitrogens with zero attached hydrogens (tertiary/aromatic N) is 1. The molecule has 0 amide bonds. The third kappa shape index (κ3) is 4.23. The van der Waals surface area contributed by atoms with E-state index in [1.54, 1.807) is 0 Å². The van der Waals surface area contributed by atoms with Crippen molar-refractivity contribution < 1.29 is 18.6 Å². The molecule has 0 aliphatic carbocycles. The maximum Gasteiger partial charge on any atom is 0.127 e. The molecule has 0 saturated carbocycles. The van der Waals surface area contributed by atoms with E-state index in [-0.39, 0.29) is 18.5 Å². The van der Waals surface area contributed by atoms with Gasteiger partial charge in [-0.05, 0) is 31.0 Å². The number of benzene rings is 1. The number of aliphatic hydroxyl groups is 1. The van der Waals surface area contributed by atoms with Crippen LogP contribution in [0.4, 0.5) is 8.78 Å². The summed E-state index contributed by atoms with van der Waals surface area (Å²) in [7, 11) is 0. The first kappa shape index (κ1) is 14.4. The molecular formula is C14H19F2NO2. The molecule has 1 fully saturated rings. The molecule has 1 aliphatic heterocycles. The molecule has 0 radical (unpaired) electrons. The topological polar surface area (TPSA) is 32.7 Å². The largest absolute Gasteiger partial charge is 0.394 e. The molecule has 3 nitrogen and oxygen atoms in total. The summed E-state index contributed by atoms with van der Waals surface area (Å²) in [6, 6.07) is 3.55. The lowest BCUT2D eigenvalue weighted by atomic mass is 10.1. The molecule has 0 unspecified atom stereocenters. The molecule has 19 heavy (non-hydrogen) atoms. The second-order valence-corrected chi connectivity index (χ2v) is 4.81. The molecule has 1 aromatic rings. The van der Waals surface area contributed by atoms with Crippen molar-refractivity contribution in [1.82, 2.24) is 4.90 Å². The summed E-state index contributed by atoms with van der Waals surface area (Å²) in [4.78, 5) is 2.09.